The first-order valence-corrected chi connectivity index (χ1v) is 4.38. The Morgan fingerprint density at radius 3 is 2.67 bits per heavy atom. The monoisotopic (exact) mass is 276 g/mol. The minimum atomic E-state index is -2.94. The first-order chi connectivity index (χ1) is 6.99. The largest absolute Gasteiger partial charge is 0.476 e. The molecule has 1 aromatic rings. The third kappa shape index (κ3) is 2.10. The van der Waals surface area contributed by atoms with Crippen molar-refractivity contribution >= 4 is 21.9 Å². The molecule has 0 aliphatic heterocycles. The average molecular weight is 277 g/mol. The Bertz CT molecular complexity index is 457. The van der Waals surface area contributed by atoms with Crippen LogP contribution in [0, 0.1) is 11.3 Å². The van der Waals surface area contributed by atoms with Gasteiger partial charge < -0.3 is 5.11 Å². The summed E-state index contributed by atoms with van der Waals surface area (Å²) < 4.78 is 24.7. The number of carbonyl (C=O) groups is 1. The maximum Gasteiger partial charge on any atom is 0.355 e. The van der Waals surface area contributed by atoms with E-state index in [9.17, 15) is 13.6 Å². The topological polar surface area (TPSA) is 74.0 Å². The lowest BCUT2D eigenvalue weighted by Gasteiger charge is -2.06. The molecule has 0 aromatic carbocycles. The van der Waals surface area contributed by atoms with Crippen molar-refractivity contribution in [1.29, 1.82) is 5.26 Å². The van der Waals surface area contributed by atoms with Crippen molar-refractivity contribution in [2.24, 2.45) is 0 Å². The number of halogens is 3. The van der Waals surface area contributed by atoms with Gasteiger partial charge >= 0.3 is 5.97 Å². The quantitative estimate of drug-likeness (QED) is 0.900. The van der Waals surface area contributed by atoms with Gasteiger partial charge in [0.15, 0.2) is 5.69 Å². The molecule has 0 atom stereocenters. The highest BCUT2D eigenvalue weighted by molar-refractivity contribution is 9.10. The molecular weight excluding hydrogens is 274 g/mol. The highest BCUT2D eigenvalue weighted by Gasteiger charge is 2.23. The van der Waals surface area contributed by atoms with Gasteiger partial charge in [0.25, 0.3) is 6.43 Å². The summed E-state index contributed by atoms with van der Waals surface area (Å²) in [5.74, 6) is -1.44. The molecule has 0 aliphatic carbocycles. The Balaban J connectivity index is 3.51. The normalized spacial score (nSPS) is 10.1. The Morgan fingerprint density at radius 1 is 1.67 bits per heavy atom. The summed E-state index contributed by atoms with van der Waals surface area (Å²) >= 11 is 2.70. The molecule has 78 valence electrons. The zero-order valence-corrected chi connectivity index (χ0v) is 8.62. The lowest BCUT2D eigenvalue weighted by atomic mass is 10.1. The minimum absolute atomic E-state index is 0.345. The van der Waals surface area contributed by atoms with Crippen LogP contribution in [0.25, 0.3) is 0 Å². The molecule has 1 aromatic heterocycles. The van der Waals surface area contributed by atoms with Crippen LogP contribution in [0.4, 0.5) is 8.78 Å². The summed E-state index contributed by atoms with van der Waals surface area (Å²) in [5, 5.41) is 17.1. The Labute approximate surface area is 91.3 Å². The van der Waals surface area contributed by atoms with E-state index in [1.54, 1.807) is 0 Å². The lowest BCUT2D eigenvalue weighted by Crippen LogP contribution is -2.06. The third-order valence-corrected chi connectivity index (χ3v) is 2.40. The number of hydrogen-bond donors (Lipinski definition) is 1. The molecule has 0 radical (unpaired) electrons. The van der Waals surface area contributed by atoms with E-state index in [0.29, 0.717) is 0 Å². The molecule has 4 nitrogen and oxygen atoms in total. The molecule has 0 unspecified atom stereocenters. The standard InChI is InChI=1S/C8H3BrF2N2O2/c9-5-4(7(10)11)3(1-12)2-13-6(5)8(14)15/h2,7H,(H,14,15). The number of rotatable bonds is 2. The van der Waals surface area contributed by atoms with Gasteiger partial charge in [-0.25, -0.2) is 18.6 Å². The highest BCUT2D eigenvalue weighted by atomic mass is 79.9. The summed E-state index contributed by atoms with van der Waals surface area (Å²) in [6.07, 6.45) is -2.12. The van der Waals surface area contributed by atoms with Gasteiger partial charge in [-0.3, -0.25) is 0 Å². The molecule has 1 rings (SSSR count). The van der Waals surface area contributed by atoms with Crippen molar-refractivity contribution in [2.75, 3.05) is 0 Å². The van der Waals surface area contributed by atoms with Crippen molar-refractivity contribution in [2.45, 2.75) is 6.43 Å². The van der Waals surface area contributed by atoms with Crippen molar-refractivity contribution in [1.82, 2.24) is 4.98 Å². The van der Waals surface area contributed by atoms with E-state index in [1.165, 1.54) is 6.07 Å². The van der Waals surface area contributed by atoms with Crippen molar-refractivity contribution < 1.29 is 18.7 Å². The van der Waals surface area contributed by atoms with E-state index in [2.05, 4.69) is 20.9 Å². The lowest BCUT2D eigenvalue weighted by molar-refractivity contribution is 0.0688. The van der Waals surface area contributed by atoms with Crippen LogP contribution in [0.5, 0.6) is 0 Å². The van der Waals surface area contributed by atoms with Gasteiger partial charge in [0.2, 0.25) is 0 Å². The van der Waals surface area contributed by atoms with Crippen LogP contribution in [-0.2, 0) is 0 Å². The van der Waals surface area contributed by atoms with Crippen molar-refractivity contribution in [3.63, 3.8) is 0 Å². The van der Waals surface area contributed by atoms with Gasteiger partial charge in [0, 0.05) is 6.20 Å². The molecule has 7 heteroatoms. The number of nitrogens with zero attached hydrogens (tertiary/aromatic N) is 2. The van der Waals surface area contributed by atoms with Crippen LogP contribution in [0.2, 0.25) is 0 Å². The van der Waals surface area contributed by atoms with Crippen LogP contribution in [0.3, 0.4) is 0 Å². The van der Waals surface area contributed by atoms with Gasteiger partial charge in [-0.05, 0) is 15.9 Å². The SMILES string of the molecule is N#Cc1cnc(C(=O)O)c(Br)c1C(F)F. The molecule has 0 amide bonds. The fourth-order valence-electron chi connectivity index (χ4n) is 0.953. The summed E-state index contributed by atoms with van der Waals surface area (Å²) in [5.41, 5.74) is -1.53. The van der Waals surface area contributed by atoms with Gasteiger partial charge in [0.05, 0.1) is 15.6 Å². The summed E-state index contributed by atoms with van der Waals surface area (Å²) in [6, 6.07) is 1.52. The highest BCUT2D eigenvalue weighted by Crippen LogP contribution is 2.31. The van der Waals surface area contributed by atoms with Gasteiger partial charge in [0.1, 0.15) is 6.07 Å². The average Bonchev–Trinajstić information content (AvgIpc) is 2.15. The predicted molar refractivity (Wildman–Crippen MR) is 48.6 cm³/mol. The fourth-order valence-corrected chi connectivity index (χ4v) is 1.61. The number of hydrogen-bond acceptors (Lipinski definition) is 3. The molecule has 15 heavy (non-hydrogen) atoms. The van der Waals surface area contributed by atoms with Crippen LogP contribution in [0.15, 0.2) is 10.7 Å². The zero-order chi connectivity index (χ0) is 11.6. The summed E-state index contributed by atoms with van der Waals surface area (Å²) in [6.45, 7) is 0. The maximum absolute atomic E-state index is 12.5. The third-order valence-electron chi connectivity index (χ3n) is 1.60. The van der Waals surface area contributed by atoms with Crippen LogP contribution in [0.1, 0.15) is 28.0 Å². The summed E-state index contributed by atoms with van der Waals surface area (Å²) in [4.78, 5) is 14.0. The predicted octanol–water partition coefficient (Wildman–Crippen LogP) is 2.35. The van der Waals surface area contributed by atoms with E-state index in [4.69, 9.17) is 10.4 Å². The molecule has 0 fully saturated rings. The van der Waals surface area contributed by atoms with E-state index >= 15 is 0 Å². The van der Waals surface area contributed by atoms with E-state index in [0.717, 1.165) is 6.20 Å². The van der Waals surface area contributed by atoms with E-state index in [-0.39, 0.29) is 10.0 Å². The fraction of sp³-hybridized carbons (Fsp3) is 0.125. The molecular formula is C8H3BrF2N2O2. The minimum Gasteiger partial charge on any atom is -0.476 e. The number of alkyl halides is 2. The molecule has 0 aliphatic rings. The number of pyridine rings is 1. The number of aromatic nitrogens is 1. The van der Waals surface area contributed by atoms with Crippen LogP contribution in [-0.4, -0.2) is 16.1 Å². The second-order valence-corrected chi connectivity index (χ2v) is 3.26. The van der Waals surface area contributed by atoms with Gasteiger partial charge in [-0.2, -0.15) is 5.26 Å². The van der Waals surface area contributed by atoms with Crippen molar-refractivity contribution in [3.8, 4) is 6.07 Å². The maximum atomic E-state index is 12.5. The Morgan fingerprint density at radius 2 is 2.27 bits per heavy atom. The number of carboxylic acids is 1. The second kappa shape index (κ2) is 4.31. The zero-order valence-electron chi connectivity index (χ0n) is 7.04. The second-order valence-electron chi connectivity index (χ2n) is 2.47. The smallest absolute Gasteiger partial charge is 0.355 e. The first kappa shape index (κ1) is 11.5. The number of aromatic carboxylic acids is 1. The van der Waals surface area contributed by atoms with Crippen LogP contribution >= 0.6 is 15.9 Å². The summed E-state index contributed by atoms with van der Waals surface area (Å²) in [7, 11) is 0. The Hall–Kier alpha value is -1.55. The van der Waals surface area contributed by atoms with E-state index in [1.807, 2.05) is 0 Å². The molecule has 0 bridgehead atoms. The molecule has 1 heterocycles. The van der Waals surface area contributed by atoms with Gasteiger partial charge in [-0.15, -0.1) is 0 Å². The molecule has 1 N–H and O–H groups in total. The first-order valence-electron chi connectivity index (χ1n) is 3.59. The molecule has 0 saturated heterocycles. The van der Waals surface area contributed by atoms with Crippen molar-refractivity contribution in [3.05, 3.63) is 27.5 Å². The van der Waals surface area contributed by atoms with E-state index < -0.39 is 23.7 Å². The molecule has 0 spiro atoms. The van der Waals surface area contributed by atoms with Crippen LogP contribution < -0.4 is 0 Å². The number of nitriles is 1. The number of carboxylic acid groups (broad SMARTS) is 1. The molecule has 0 saturated carbocycles. The van der Waals surface area contributed by atoms with Gasteiger partial charge in [-0.1, -0.05) is 0 Å². The Kier molecular flexibility index (Phi) is 3.31.